The molecule has 6 heteroatoms. The smallest absolute Gasteiger partial charge is 0.246 e. The minimum absolute atomic E-state index is 0.433. The molecule has 0 amide bonds. The Balaban J connectivity index is 2.95. The van der Waals surface area contributed by atoms with Crippen molar-refractivity contribution in [3.63, 3.8) is 0 Å². The summed E-state index contributed by atoms with van der Waals surface area (Å²) in [6.07, 6.45) is 0. The molecular formula is C11H13ClN2O2S. The second-order valence-electron chi connectivity index (χ2n) is 4.14. The van der Waals surface area contributed by atoms with E-state index in [0.29, 0.717) is 5.69 Å². The summed E-state index contributed by atoms with van der Waals surface area (Å²) in [5.41, 5.74) is 0.668. The zero-order valence-corrected chi connectivity index (χ0v) is 11.1. The summed E-state index contributed by atoms with van der Waals surface area (Å²) in [6, 6.07) is 8.83. The molecule has 0 spiro atoms. The summed E-state index contributed by atoms with van der Waals surface area (Å²) in [4.78, 5) is 0. The zero-order chi connectivity index (χ0) is 13.1. The topological polar surface area (TPSA) is 70.0 Å². The number of nitrogens with one attached hydrogen (secondary N) is 1. The summed E-state index contributed by atoms with van der Waals surface area (Å²) >= 11 is 5.28. The lowest BCUT2D eigenvalue weighted by Crippen LogP contribution is -2.15. The molecule has 0 aromatic heterocycles. The lowest BCUT2D eigenvalue weighted by atomic mass is 9.86. The SMILES string of the molecule is CC(C)(C#N)c1ccc(NS(=O)(=O)CCl)cc1. The lowest BCUT2D eigenvalue weighted by molar-refractivity contribution is 0.605. The van der Waals surface area contributed by atoms with E-state index in [1.165, 1.54) is 0 Å². The van der Waals surface area contributed by atoms with Crippen molar-refractivity contribution < 1.29 is 8.42 Å². The third-order valence-electron chi connectivity index (χ3n) is 2.30. The Morgan fingerprint density at radius 2 is 1.88 bits per heavy atom. The first-order valence-electron chi connectivity index (χ1n) is 4.89. The van der Waals surface area contributed by atoms with Gasteiger partial charge in [0.15, 0.2) is 0 Å². The summed E-state index contributed by atoms with van der Waals surface area (Å²) in [6.45, 7) is 3.59. The van der Waals surface area contributed by atoms with Crippen LogP contribution in [0.2, 0.25) is 0 Å². The van der Waals surface area contributed by atoms with Gasteiger partial charge in [0, 0.05) is 5.69 Å². The van der Waals surface area contributed by atoms with E-state index in [1.54, 1.807) is 38.1 Å². The third-order valence-corrected chi connectivity index (χ3v) is 4.00. The van der Waals surface area contributed by atoms with Crippen molar-refractivity contribution in [3.05, 3.63) is 29.8 Å². The highest BCUT2D eigenvalue weighted by molar-refractivity contribution is 7.93. The van der Waals surface area contributed by atoms with E-state index in [4.69, 9.17) is 16.9 Å². The molecule has 4 nitrogen and oxygen atoms in total. The number of nitrogens with zero attached hydrogens (tertiary/aromatic N) is 1. The van der Waals surface area contributed by atoms with Gasteiger partial charge in [-0.15, -0.1) is 11.6 Å². The summed E-state index contributed by atoms with van der Waals surface area (Å²) in [5.74, 6) is 0. The second-order valence-corrected chi connectivity index (χ2v) is 6.45. The van der Waals surface area contributed by atoms with E-state index in [-0.39, 0.29) is 0 Å². The van der Waals surface area contributed by atoms with Crippen LogP contribution in [0.4, 0.5) is 5.69 Å². The van der Waals surface area contributed by atoms with Crippen LogP contribution in [0, 0.1) is 11.3 Å². The van der Waals surface area contributed by atoms with Gasteiger partial charge in [0.2, 0.25) is 10.0 Å². The highest BCUT2D eigenvalue weighted by Gasteiger charge is 2.19. The molecule has 0 fully saturated rings. The Morgan fingerprint density at radius 3 is 2.29 bits per heavy atom. The predicted molar refractivity (Wildman–Crippen MR) is 68.3 cm³/mol. The van der Waals surface area contributed by atoms with E-state index in [1.807, 2.05) is 0 Å². The lowest BCUT2D eigenvalue weighted by Gasteiger charge is -2.16. The molecule has 1 aromatic rings. The molecule has 0 aliphatic rings. The predicted octanol–water partition coefficient (Wildman–Crippen LogP) is 2.43. The van der Waals surface area contributed by atoms with Crippen molar-refractivity contribution in [3.8, 4) is 6.07 Å². The summed E-state index contributed by atoms with van der Waals surface area (Å²) in [7, 11) is -3.48. The van der Waals surface area contributed by atoms with Gasteiger partial charge in [0.25, 0.3) is 0 Å². The van der Waals surface area contributed by atoms with Crippen LogP contribution in [0.3, 0.4) is 0 Å². The molecule has 0 bridgehead atoms. The average molecular weight is 273 g/mol. The number of nitriles is 1. The number of sulfonamides is 1. The normalized spacial score (nSPS) is 11.9. The fourth-order valence-corrected chi connectivity index (χ4v) is 1.94. The quantitative estimate of drug-likeness (QED) is 0.856. The van der Waals surface area contributed by atoms with Crippen LogP contribution in [0.25, 0.3) is 0 Å². The Morgan fingerprint density at radius 1 is 1.35 bits per heavy atom. The molecule has 0 saturated carbocycles. The molecule has 1 rings (SSSR count). The fourth-order valence-electron chi connectivity index (χ4n) is 1.23. The van der Waals surface area contributed by atoms with Crippen LogP contribution in [0.1, 0.15) is 19.4 Å². The zero-order valence-electron chi connectivity index (χ0n) is 9.57. The maximum Gasteiger partial charge on any atom is 0.246 e. The molecule has 0 aliphatic heterocycles. The monoisotopic (exact) mass is 272 g/mol. The second kappa shape index (κ2) is 4.94. The van der Waals surface area contributed by atoms with Crippen LogP contribution < -0.4 is 4.72 Å². The number of anilines is 1. The van der Waals surface area contributed by atoms with Gasteiger partial charge < -0.3 is 0 Å². The Hall–Kier alpha value is -1.25. The first kappa shape index (κ1) is 13.8. The Labute approximate surface area is 106 Å². The molecule has 0 saturated heterocycles. The van der Waals surface area contributed by atoms with Crippen LogP contribution >= 0.6 is 11.6 Å². The first-order chi connectivity index (χ1) is 7.80. The van der Waals surface area contributed by atoms with Crippen molar-refractivity contribution in [2.45, 2.75) is 19.3 Å². The van der Waals surface area contributed by atoms with Gasteiger partial charge in [-0.25, -0.2) is 8.42 Å². The number of benzene rings is 1. The molecule has 0 radical (unpaired) electrons. The summed E-state index contributed by atoms with van der Waals surface area (Å²) < 4.78 is 24.7. The highest BCUT2D eigenvalue weighted by Crippen LogP contribution is 2.23. The van der Waals surface area contributed by atoms with Crippen molar-refractivity contribution in [2.75, 3.05) is 9.93 Å². The van der Waals surface area contributed by atoms with E-state index in [9.17, 15) is 8.42 Å². The molecule has 1 N–H and O–H groups in total. The van der Waals surface area contributed by atoms with Crippen molar-refractivity contribution >= 4 is 27.3 Å². The number of alkyl halides is 1. The minimum Gasteiger partial charge on any atom is -0.283 e. The molecule has 0 unspecified atom stereocenters. The first-order valence-corrected chi connectivity index (χ1v) is 7.08. The largest absolute Gasteiger partial charge is 0.283 e. The molecule has 17 heavy (non-hydrogen) atoms. The van der Waals surface area contributed by atoms with Crippen LogP contribution in [-0.2, 0) is 15.4 Å². The van der Waals surface area contributed by atoms with Gasteiger partial charge >= 0.3 is 0 Å². The van der Waals surface area contributed by atoms with Crippen molar-refractivity contribution in [2.24, 2.45) is 0 Å². The van der Waals surface area contributed by atoms with E-state index < -0.39 is 20.7 Å². The number of halogens is 1. The highest BCUT2D eigenvalue weighted by atomic mass is 35.5. The Kier molecular flexibility index (Phi) is 4.02. The fraction of sp³-hybridized carbons (Fsp3) is 0.364. The number of hydrogen-bond donors (Lipinski definition) is 1. The van der Waals surface area contributed by atoms with E-state index in [2.05, 4.69) is 10.8 Å². The van der Waals surface area contributed by atoms with Crippen LogP contribution in [-0.4, -0.2) is 13.6 Å². The van der Waals surface area contributed by atoms with Gasteiger partial charge in [0.05, 0.1) is 11.5 Å². The van der Waals surface area contributed by atoms with Gasteiger partial charge in [-0.3, -0.25) is 4.72 Å². The van der Waals surface area contributed by atoms with Gasteiger partial charge in [0.1, 0.15) is 5.21 Å². The molecule has 1 aromatic carbocycles. The minimum atomic E-state index is -3.48. The third kappa shape index (κ3) is 3.62. The standard InChI is InChI=1S/C11H13ClN2O2S/c1-11(2,7-13)9-3-5-10(6-4-9)14-17(15,16)8-12/h3-6,14H,8H2,1-2H3. The van der Waals surface area contributed by atoms with Gasteiger partial charge in [-0.05, 0) is 31.5 Å². The van der Waals surface area contributed by atoms with E-state index >= 15 is 0 Å². The summed E-state index contributed by atoms with van der Waals surface area (Å²) in [5, 5.41) is 8.47. The van der Waals surface area contributed by atoms with Crippen molar-refractivity contribution in [1.29, 1.82) is 5.26 Å². The van der Waals surface area contributed by atoms with Crippen molar-refractivity contribution in [1.82, 2.24) is 0 Å². The molecule has 0 atom stereocenters. The van der Waals surface area contributed by atoms with E-state index in [0.717, 1.165) is 5.56 Å². The van der Waals surface area contributed by atoms with Crippen LogP contribution in [0.5, 0.6) is 0 Å². The maximum atomic E-state index is 11.2. The van der Waals surface area contributed by atoms with Gasteiger partial charge in [-0.2, -0.15) is 5.26 Å². The van der Waals surface area contributed by atoms with Crippen LogP contribution in [0.15, 0.2) is 24.3 Å². The van der Waals surface area contributed by atoms with Gasteiger partial charge in [-0.1, -0.05) is 12.1 Å². The molecule has 0 aliphatic carbocycles. The number of hydrogen-bond acceptors (Lipinski definition) is 3. The number of rotatable bonds is 4. The molecule has 0 heterocycles. The molecule has 92 valence electrons. The Bertz CT molecular complexity index is 530. The average Bonchev–Trinajstić information content (AvgIpc) is 2.29. The molecular weight excluding hydrogens is 260 g/mol. The maximum absolute atomic E-state index is 11.2.